The average molecular weight is 236 g/mol. The summed E-state index contributed by atoms with van der Waals surface area (Å²) in [7, 11) is 0. The normalized spacial score (nSPS) is 20.0. The molecule has 0 aromatic rings. The Hall–Kier alpha value is -0.550. The molecule has 1 saturated heterocycles. The van der Waals surface area contributed by atoms with Crippen LogP contribution in [0, 0.1) is 0 Å². The van der Waals surface area contributed by atoms with Crippen molar-refractivity contribution in [1.82, 2.24) is 10.2 Å². The van der Waals surface area contributed by atoms with Crippen LogP contribution in [0.5, 0.6) is 0 Å². The molecule has 0 unspecified atom stereocenters. The lowest BCUT2D eigenvalue weighted by molar-refractivity contribution is -0.148. The molecule has 0 aliphatic carbocycles. The standard InChI is InChI=1S/C11H19F3N2/c1-9(2)7-15-10-3-5-16(6-4-10)8-11(12,13)14/h10,15H,1,3-8H2,2H3. The van der Waals surface area contributed by atoms with Crippen LogP contribution in [0.25, 0.3) is 0 Å². The van der Waals surface area contributed by atoms with Crippen molar-refractivity contribution in [2.45, 2.75) is 32.0 Å². The molecule has 1 N–H and O–H groups in total. The van der Waals surface area contributed by atoms with Crippen LogP contribution >= 0.6 is 0 Å². The number of piperidine rings is 1. The molecule has 0 atom stereocenters. The highest BCUT2D eigenvalue weighted by Gasteiger charge is 2.32. The number of nitrogens with one attached hydrogen (secondary N) is 1. The van der Waals surface area contributed by atoms with Crippen LogP contribution in [0.2, 0.25) is 0 Å². The zero-order valence-corrected chi connectivity index (χ0v) is 9.61. The van der Waals surface area contributed by atoms with Crippen molar-refractivity contribution in [3.05, 3.63) is 12.2 Å². The van der Waals surface area contributed by atoms with Crippen LogP contribution in [-0.2, 0) is 0 Å². The maximum absolute atomic E-state index is 12.1. The first-order valence-electron chi connectivity index (χ1n) is 5.54. The molecule has 1 heterocycles. The first-order chi connectivity index (χ1) is 7.37. The summed E-state index contributed by atoms with van der Waals surface area (Å²) in [6.07, 6.45) is -2.51. The minimum Gasteiger partial charge on any atom is -0.310 e. The maximum Gasteiger partial charge on any atom is 0.401 e. The third kappa shape index (κ3) is 5.51. The van der Waals surface area contributed by atoms with Gasteiger partial charge in [0.15, 0.2) is 0 Å². The van der Waals surface area contributed by atoms with E-state index in [4.69, 9.17) is 0 Å². The van der Waals surface area contributed by atoms with Gasteiger partial charge in [0.25, 0.3) is 0 Å². The maximum atomic E-state index is 12.1. The summed E-state index contributed by atoms with van der Waals surface area (Å²) in [5.41, 5.74) is 1.05. The summed E-state index contributed by atoms with van der Waals surface area (Å²) in [5.74, 6) is 0. The summed E-state index contributed by atoms with van der Waals surface area (Å²) in [5, 5.41) is 3.30. The fraction of sp³-hybridized carbons (Fsp3) is 0.818. The summed E-state index contributed by atoms with van der Waals surface area (Å²) in [6.45, 7) is 6.74. The first-order valence-corrected chi connectivity index (χ1v) is 5.54. The molecule has 1 fully saturated rings. The van der Waals surface area contributed by atoms with Gasteiger partial charge < -0.3 is 5.32 Å². The Kier molecular flexibility index (Phi) is 4.80. The third-order valence-corrected chi connectivity index (χ3v) is 2.68. The van der Waals surface area contributed by atoms with Crippen LogP contribution in [0.4, 0.5) is 13.2 Å². The van der Waals surface area contributed by atoms with Gasteiger partial charge in [-0.1, -0.05) is 12.2 Å². The van der Waals surface area contributed by atoms with E-state index in [1.54, 1.807) is 0 Å². The Labute approximate surface area is 94.5 Å². The molecular formula is C11H19F3N2. The van der Waals surface area contributed by atoms with Gasteiger partial charge >= 0.3 is 6.18 Å². The molecule has 0 spiro atoms. The van der Waals surface area contributed by atoms with E-state index in [2.05, 4.69) is 11.9 Å². The molecule has 2 nitrogen and oxygen atoms in total. The van der Waals surface area contributed by atoms with Crippen molar-refractivity contribution in [3.8, 4) is 0 Å². The van der Waals surface area contributed by atoms with Gasteiger partial charge in [-0.2, -0.15) is 13.2 Å². The van der Waals surface area contributed by atoms with E-state index in [1.165, 1.54) is 4.90 Å². The van der Waals surface area contributed by atoms with Crippen LogP contribution in [0.1, 0.15) is 19.8 Å². The Balaban J connectivity index is 2.21. The number of rotatable bonds is 4. The van der Waals surface area contributed by atoms with Gasteiger partial charge in [-0.25, -0.2) is 0 Å². The summed E-state index contributed by atoms with van der Waals surface area (Å²) >= 11 is 0. The topological polar surface area (TPSA) is 15.3 Å². The molecule has 0 amide bonds. The number of halogens is 3. The molecule has 0 saturated carbocycles. The molecule has 0 aromatic heterocycles. The molecule has 1 aliphatic heterocycles. The molecule has 94 valence electrons. The van der Waals surface area contributed by atoms with Gasteiger partial charge in [-0.15, -0.1) is 0 Å². The molecular weight excluding hydrogens is 217 g/mol. The lowest BCUT2D eigenvalue weighted by Crippen LogP contribution is -2.45. The van der Waals surface area contributed by atoms with Crippen molar-refractivity contribution in [2.24, 2.45) is 0 Å². The number of hydrogen-bond donors (Lipinski definition) is 1. The Morgan fingerprint density at radius 3 is 2.38 bits per heavy atom. The van der Waals surface area contributed by atoms with Gasteiger partial charge in [-0.05, 0) is 32.9 Å². The molecule has 0 aromatic carbocycles. The summed E-state index contributed by atoms with van der Waals surface area (Å²) < 4.78 is 36.4. The van der Waals surface area contributed by atoms with Gasteiger partial charge in [-0.3, -0.25) is 4.90 Å². The predicted molar refractivity (Wildman–Crippen MR) is 58.3 cm³/mol. The quantitative estimate of drug-likeness (QED) is 0.753. The van der Waals surface area contributed by atoms with E-state index < -0.39 is 12.7 Å². The number of nitrogens with zero attached hydrogens (tertiary/aromatic N) is 1. The minimum absolute atomic E-state index is 0.334. The van der Waals surface area contributed by atoms with E-state index in [0.717, 1.165) is 25.0 Å². The van der Waals surface area contributed by atoms with E-state index >= 15 is 0 Å². The van der Waals surface area contributed by atoms with Crippen LogP contribution in [0.3, 0.4) is 0 Å². The van der Waals surface area contributed by atoms with E-state index in [-0.39, 0.29) is 0 Å². The molecule has 5 heteroatoms. The average Bonchev–Trinajstić information content (AvgIpc) is 2.14. The molecule has 0 bridgehead atoms. The van der Waals surface area contributed by atoms with Crippen LogP contribution in [-0.4, -0.2) is 43.3 Å². The third-order valence-electron chi connectivity index (χ3n) is 2.68. The lowest BCUT2D eigenvalue weighted by atomic mass is 10.0. The van der Waals surface area contributed by atoms with Crippen LogP contribution < -0.4 is 5.32 Å². The SMILES string of the molecule is C=C(C)CNC1CCN(CC(F)(F)F)CC1. The summed E-state index contributed by atoms with van der Waals surface area (Å²) in [6, 6.07) is 0.334. The molecule has 1 rings (SSSR count). The van der Waals surface area contributed by atoms with Crippen molar-refractivity contribution in [2.75, 3.05) is 26.2 Å². The van der Waals surface area contributed by atoms with Crippen molar-refractivity contribution in [1.29, 1.82) is 0 Å². The molecule has 1 aliphatic rings. The largest absolute Gasteiger partial charge is 0.401 e. The molecule has 0 radical (unpaired) electrons. The fourth-order valence-electron chi connectivity index (χ4n) is 1.87. The number of hydrogen-bond acceptors (Lipinski definition) is 2. The van der Waals surface area contributed by atoms with Gasteiger partial charge in [0.1, 0.15) is 0 Å². The second kappa shape index (κ2) is 5.68. The number of alkyl halides is 3. The van der Waals surface area contributed by atoms with Gasteiger partial charge in [0.05, 0.1) is 6.54 Å². The molecule has 16 heavy (non-hydrogen) atoms. The highest BCUT2D eigenvalue weighted by Crippen LogP contribution is 2.19. The highest BCUT2D eigenvalue weighted by atomic mass is 19.4. The Bertz CT molecular complexity index is 230. The lowest BCUT2D eigenvalue weighted by Gasteiger charge is -2.32. The van der Waals surface area contributed by atoms with Gasteiger partial charge in [0, 0.05) is 12.6 Å². The number of likely N-dealkylation sites (tertiary alicyclic amines) is 1. The second-order valence-corrected chi connectivity index (χ2v) is 4.50. The van der Waals surface area contributed by atoms with Gasteiger partial charge in [0.2, 0.25) is 0 Å². The summed E-state index contributed by atoms with van der Waals surface area (Å²) in [4.78, 5) is 1.47. The zero-order valence-electron chi connectivity index (χ0n) is 9.61. The monoisotopic (exact) mass is 236 g/mol. The fourth-order valence-corrected chi connectivity index (χ4v) is 1.87. The highest BCUT2D eigenvalue weighted by molar-refractivity contribution is 4.92. The first kappa shape index (κ1) is 13.5. The second-order valence-electron chi connectivity index (χ2n) is 4.50. The predicted octanol–water partition coefficient (Wildman–Crippen LogP) is 2.18. The van der Waals surface area contributed by atoms with Crippen LogP contribution in [0.15, 0.2) is 12.2 Å². The smallest absolute Gasteiger partial charge is 0.310 e. The van der Waals surface area contributed by atoms with E-state index in [0.29, 0.717) is 19.1 Å². The van der Waals surface area contributed by atoms with Crippen molar-refractivity contribution < 1.29 is 13.2 Å². The van der Waals surface area contributed by atoms with Crippen molar-refractivity contribution >= 4 is 0 Å². The Morgan fingerprint density at radius 2 is 1.94 bits per heavy atom. The van der Waals surface area contributed by atoms with E-state index in [1.807, 2.05) is 6.92 Å². The Morgan fingerprint density at radius 1 is 1.38 bits per heavy atom. The van der Waals surface area contributed by atoms with E-state index in [9.17, 15) is 13.2 Å². The zero-order chi connectivity index (χ0) is 12.2. The van der Waals surface area contributed by atoms with Crippen molar-refractivity contribution in [3.63, 3.8) is 0 Å². The minimum atomic E-state index is -4.07.